The SMILES string of the molecule is NC[C@H]1CC[C@@H](C(=O)Nc2cccc(CN3CCC(C(N)=O)CC3)c2)O1. The number of hydrogen-bond donors (Lipinski definition) is 3. The van der Waals surface area contributed by atoms with Crippen molar-refractivity contribution in [3.05, 3.63) is 29.8 Å². The zero-order valence-corrected chi connectivity index (χ0v) is 15.0. The molecule has 0 aromatic heterocycles. The molecule has 7 nitrogen and oxygen atoms in total. The maximum Gasteiger partial charge on any atom is 0.253 e. The van der Waals surface area contributed by atoms with Crippen LogP contribution in [-0.2, 0) is 20.9 Å². The summed E-state index contributed by atoms with van der Waals surface area (Å²) in [7, 11) is 0. The average molecular weight is 360 g/mol. The Balaban J connectivity index is 1.52. The van der Waals surface area contributed by atoms with Gasteiger partial charge in [0.2, 0.25) is 5.91 Å². The minimum atomic E-state index is -0.417. The minimum Gasteiger partial charge on any atom is -0.369 e. The standard InChI is InChI=1S/C19H28N4O3/c20-11-16-4-5-17(26-16)19(25)22-15-3-1-2-13(10-15)12-23-8-6-14(7-9-23)18(21)24/h1-3,10,14,16-17H,4-9,11-12,20H2,(H2,21,24)(H,22,25)/t16-,17+/m1/s1. The summed E-state index contributed by atoms with van der Waals surface area (Å²) in [4.78, 5) is 25.9. The van der Waals surface area contributed by atoms with E-state index in [4.69, 9.17) is 16.2 Å². The number of carbonyl (C=O) groups excluding carboxylic acids is 2. The van der Waals surface area contributed by atoms with Gasteiger partial charge in [-0.1, -0.05) is 12.1 Å². The lowest BCUT2D eigenvalue weighted by molar-refractivity contribution is -0.126. The second-order valence-electron chi connectivity index (χ2n) is 7.20. The highest BCUT2D eigenvalue weighted by molar-refractivity contribution is 5.94. The molecule has 2 atom stereocenters. The van der Waals surface area contributed by atoms with Crippen LogP contribution in [0.1, 0.15) is 31.2 Å². The van der Waals surface area contributed by atoms with Crippen LogP contribution in [0, 0.1) is 5.92 Å². The molecule has 0 unspecified atom stereocenters. The summed E-state index contributed by atoms with van der Waals surface area (Å²) in [6.07, 6.45) is 2.73. The first-order valence-electron chi connectivity index (χ1n) is 9.32. The molecule has 2 aliphatic heterocycles. The van der Waals surface area contributed by atoms with Gasteiger partial charge in [-0.05, 0) is 56.5 Å². The lowest BCUT2D eigenvalue weighted by Crippen LogP contribution is -2.38. The Kier molecular flexibility index (Phi) is 6.24. The summed E-state index contributed by atoms with van der Waals surface area (Å²) >= 11 is 0. The van der Waals surface area contributed by atoms with E-state index in [1.54, 1.807) is 0 Å². The number of ether oxygens (including phenoxy) is 1. The van der Waals surface area contributed by atoms with Crippen molar-refractivity contribution in [2.75, 3.05) is 25.0 Å². The number of primary amides is 1. The molecule has 0 spiro atoms. The highest BCUT2D eigenvalue weighted by atomic mass is 16.5. The zero-order valence-electron chi connectivity index (χ0n) is 15.0. The lowest BCUT2D eigenvalue weighted by atomic mass is 9.96. The van der Waals surface area contributed by atoms with Crippen LogP contribution in [0.2, 0.25) is 0 Å². The third-order valence-corrected chi connectivity index (χ3v) is 5.25. The van der Waals surface area contributed by atoms with Gasteiger partial charge in [0, 0.05) is 24.7 Å². The molecule has 1 aromatic carbocycles. The number of benzene rings is 1. The minimum absolute atomic E-state index is 0.000584. The molecule has 2 heterocycles. The van der Waals surface area contributed by atoms with E-state index in [2.05, 4.69) is 10.2 Å². The number of nitrogens with zero attached hydrogens (tertiary/aromatic N) is 1. The number of anilines is 1. The van der Waals surface area contributed by atoms with Crippen LogP contribution in [0.4, 0.5) is 5.69 Å². The fourth-order valence-corrected chi connectivity index (χ4v) is 3.68. The van der Waals surface area contributed by atoms with Gasteiger partial charge in [0.25, 0.3) is 5.91 Å². The Morgan fingerprint density at radius 1 is 1.19 bits per heavy atom. The Labute approximate surface area is 154 Å². The zero-order chi connectivity index (χ0) is 18.5. The van der Waals surface area contributed by atoms with E-state index in [0.717, 1.165) is 50.1 Å². The number of carbonyl (C=O) groups is 2. The van der Waals surface area contributed by atoms with Crippen molar-refractivity contribution in [2.24, 2.45) is 17.4 Å². The van der Waals surface area contributed by atoms with E-state index >= 15 is 0 Å². The van der Waals surface area contributed by atoms with E-state index in [1.807, 2.05) is 24.3 Å². The molecule has 1 aromatic rings. The molecular weight excluding hydrogens is 332 g/mol. The van der Waals surface area contributed by atoms with Gasteiger partial charge in [0.15, 0.2) is 0 Å². The molecule has 0 saturated carbocycles. The van der Waals surface area contributed by atoms with Crippen molar-refractivity contribution in [2.45, 2.75) is 44.4 Å². The predicted molar refractivity (Wildman–Crippen MR) is 99.2 cm³/mol. The summed E-state index contributed by atoms with van der Waals surface area (Å²) in [5.74, 6) is -0.304. The summed E-state index contributed by atoms with van der Waals surface area (Å²) in [5.41, 5.74) is 12.9. The quantitative estimate of drug-likeness (QED) is 0.696. The molecule has 3 rings (SSSR count). The predicted octanol–water partition coefficient (Wildman–Crippen LogP) is 0.829. The molecule has 5 N–H and O–H groups in total. The maximum atomic E-state index is 12.3. The molecule has 0 bridgehead atoms. The van der Waals surface area contributed by atoms with Gasteiger partial charge in [-0.3, -0.25) is 14.5 Å². The molecule has 0 aliphatic carbocycles. The highest BCUT2D eigenvalue weighted by Gasteiger charge is 2.30. The number of rotatable bonds is 6. The molecule has 2 aliphatic rings. The van der Waals surface area contributed by atoms with E-state index < -0.39 is 6.10 Å². The normalized spacial score (nSPS) is 24.5. The van der Waals surface area contributed by atoms with Gasteiger partial charge < -0.3 is 21.5 Å². The molecule has 0 radical (unpaired) electrons. The van der Waals surface area contributed by atoms with Crippen LogP contribution in [0.15, 0.2) is 24.3 Å². The summed E-state index contributed by atoms with van der Waals surface area (Å²) in [6.45, 7) is 2.97. The van der Waals surface area contributed by atoms with Gasteiger partial charge >= 0.3 is 0 Å². The second kappa shape index (κ2) is 8.62. The highest BCUT2D eigenvalue weighted by Crippen LogP contribution is 2.22. The first-order valence-corrected chi connectivity index (χ1v) is 9.32. The fourth-order valence-electron chi connectivity index (χ4n) is 3.68. The Morgan fingerprint density at radius 3 is 2.62 bits per heavy atom. The van der Waals surface area contributed by atoms with Crippen molar-refractivity contribution in [1.29, 1.82) is 0 Å². The largest absolute Gasteiger partial charge is 0.369 e. The van der Waals surface area contributed by atoms with Crippen LogP contribution in [0.25, 0.3) is 0 Å². The molecule has 26 heavy (non-hydrogen) atoms. The van der Waals surface area contributed by atoms with Gasteiger partial charge in [-0.15, -0.1) is 0 Å². The summed E-state index contributed by atoms with van der Waals surface area (Å²) < 4.78 is 5.64. The van der Waals surface area contributed by atoms with E-state index in [9.17, 15) is 9.59 Å². The number of likely N-dealkylation sites (tertiary alicyclic amines) is 1. The third-order valence-electron chi connectivity index (χ3n) is 5.25. The number of nitrogens with one attached hydrogen (secondary N) is 1. The topological polar surface area (TPSA) is 111 Å². The third kappa shape index (κ3) is 4.81. The first kappa shape index (κ1) is 18.8. The Bertz CT molecular complexity index is 643. The monoisotopic (exact) mass is 360 g/mol. The first-order chi connectivity index (χ1) is 12.5. The second-order valence-corrected chi connectivity index (χ2v) is 7.20. The smallest absolute Gasteiger partial charge is 0.253 e. The van der Waals surface area contributed by atoms with Crippen molar-refractivity contribution in [3.63, 3.8) is 0 Å². The number of amides is 2. The summed E-state index contributed by atoms with van der Waals surface area (Å²) in [6, 6.07) is 7.87. The van der Waals surface area contributed by atoms with Gasteiger partial charge in [-0.25, -0.2) is 0 Å². The summed E-state index contributed by atoms with van der Waals surface area (Å²) in [5, 5.41) is 2.94. The van der Waals surface area contributed by atoms with Crippen molar-refractivity contribution in [3.8, 4) is 0 Å². The van der Waals surface area contributed by atoms with Crippen LogP contribution >= 0.6 is 0 Å². The fraction of sp³-hybridized carbons (Fsp3) is 0.579. The molecular formula is C19H28N4O3. The van der Waals surface area contributed by atoms with Crippen molar-refractivity contribution < 1.29 is 14.3 Å². The molecule has 2 fully saturated rings. The van der Waals surface area contributed by atoms with E-state index in [-0.39, 0.29) is 23.8 Å². The van der Waals surface area contributed by atoms with Crippen LogP contribution in [0.5, 0.6) is 0 Å². The van der Waals surface area contributed by atoms with Crippen LogP contribution in [0.3, 0.4) is 0 Å². The van der Waals surface area contributed by atoms with E-state index in [1.165, 1.54) is 0 Å². The average Bonchev–Trinajstić information content (AvgIpc) is 3.12. The number of hydrogen-bond acceptors (Lipinski definition) is 5. The van der Waals surface area contributed by atoms with Gasteiger partial charge in [0.05, 0.1) is 6.10 Å². The van der Waals surface area contributed by atoms with Gasteiger partial charge in [0.1, 0.15) is 6.10 Å². The maximum absolute atomic E-state index is 12.3. The molecule has 7 heteroatoms. The van der Waals surface area contributed by atoms with Crippen LogP contribution in [-0.4, -0.2) is 48.6 Å². The van der Waals surface area contributed by atoms with E-state index in [0.29, 0.717) is 13.0 Å². The molecule has 142 valence electrons. The Morgan fingerprint density at radius 2 is 1.96 bits per heavy atom. The molecule has 2 saturated heterocycles. The number of nitrogens with two attached hydrogens (primary N) is 2. The lowest BCUT2D eigenvalue weighted by Gasteiger charge is -2.30. The van der Waals surface area contributed by atoms with Crippen LogP contribution < -0.4 is 16.8 Å². The van der Waals surface area contributed by atoms with Gasteiger partial charge in [-0.2, -0.15) is 0 Å². The Hall–Kier alpha value is -1.96. The molecule has 2 amide bonds. The number of piperidine rings is 1. The van der Waals surface area contributed by atoms with Crippen molar-refractivity contribution in [1.82, 2.24) is 4.90 Å². The van der Waals surface area contributed by atoms with Crippen molar-refractivity contribution >= 4 is 17.5 Å².